The number of aromatic nitrogens is 4. The molecule has 1 saturated carbocycles. The molecule has 2 aromatic heterocycles. The first-order chi connectivity index (χ1) is 11.7. The Labute approximate surface area is 141 Å². The highest BCUT2D eigenvalue weighted by Crippen LogP contribution is 2.28. The quantitative estimate of drug-likeness (QED) is 0.923. The van der Waals surface area contributed by atoms with Crippen LogP contribution in [-0.4, -0.2) is 44.6 Å². The van der Waals surface area contributed by atoms with Gasteiger partial charge in [0.25, 0.3) is 0 Å². The molecule has 24 heavy (non-hydrogen) atoms. The smallest absolute Gasteiger partial charge is 0.220 e. The minimum Gasteiger partial charge on any atom is -0.355 e. The summed E-state index contributed by atoms with van der Waals surface area (Å²) in [6.07, 6.45) is 9.65. The molecule has 0 radical (unpaired) electrons. The van der Waals surface area contributed by atoms with E-state index in [0.29, 0.717) is 18.4 Å². The third-order valence-corrected chi connectivity index (χ3v) is 5.34. The fourth-order valence-electron chi connectivity index (χ4n) is 3.61. The highest BCUT2D eigenvalue weighted by atomic mass is 16.1. The molecule has 128 valence electrons. The molecule has 1 saturated heterocycles. The van der Waals surface area contributed by atoms with E-state index < -0.39 is 0 Å². The van der Waals surface area contributed by atoms with E-state index in [1.54, 1.807) is 12.7 Å². The molecule has 1 aliphatic carbocycles. The van der Waals surface area contributed by atoms with Crippen molar-refractivity contribution in [2.24, 2.45) is 13.0 Å². The Bertz CT molecular complexity index is 730. The highest BCUT2D eigenvalue weighted by Gasteiger charge is 2.26. The zero-order valence-corrected chi connectivity index (χ0v) is 14.1. The van der Waals surface area contributed by atoms with E-state index in [-0.39, 0.29) is 5.91 Å². The average Bonchev–Trinajstić information content (AvgIpc) is 2.93. The molecular formula is C17H24N6O. The lowest BCUT2D eigenvalue weighted by Crippen LogP contribution is -2.41. The van der Waals surface area contributed by atoms with Gasteiger partial charge in [-0.05, 0) is 38.0 Å². The minimum absolute atomic E-state index is 0.229. The second kappa shape index (κ2) is 6.37. The predicted molar refractivity (Wildman–Crippen MR) is 91.6 cm³/mol. The summed E-state index contributed by atoms with van der Waals surface area (Å²) in [4.78, 5) is 27.6. The van der Waals surface area contributed by atoms with Crippen molar-refractivity contribution < 1.29 is 4.79 Å². The molecule has 1 amide bonds. The summed E-state index contributed by atoms with van der Waals surface area (Å²) in [6.45, 7) is 1.84. The summed E-state index contributed by atoms with van der Waals surface area (Å²) in [5.74, 6) is 1.62. The number of anilines is 1. The number of aryl methyl sites for hydroxylation is 1. The summed E-state index contributed by atoms with van der Waals surface area (Å²) in [5.41, 5.74) is 1.73. The van der Waals surface area contributed by atoms with E-state index in [4.69, 9.17) is 0 Å². The topological polar surface area (TPSA) is 75.9 Å². The highest BCUT2D eigenvalue weighted by molar-refractivity contribution is 5.83. The Morgan fingerprint density at radius 2 is 2.00 bits per heavy atom. The van der Waals surface area contributed by atoms with Gasteiger partial charge in [0.1, 0.15) is 6.33 Å². The molecule has 2 aromatic rings. The van der Waals surface area contributed by atoms with Gasteiger partial charge in [-0.25, -0.2) is 15.0 Å². The molecule has 7 nitrogen and oxygen atoms in total. The van der Waals surface area contributed by atoms with Crippen LogP contribution in [0.4, 0.5) is 5.82 Å². The molecule has 4 rings (SSSR count). The summed E-state index contributed by atoms with van der Waals surface area (Å²) >= 11 is 0. The van der Waals surface area contributed by atoms with Gasteiger partial charge in [0.05, 0.1) is 6.33 Å². The second-order valence-electron chi connectivity index (χ2n) is 7.05. The largest absolute Gasteiger partial charge is 0.355 e. The van der Waals surface area contributed by atoms with Gasteiger partial charge in [0.2, 0.25) is 5.91 Å². The monoisotopic (exact) mass is 328 g/mol. The van der Waals surface area contributed by atoms with Crippen molar-refractivity contribution >= 4 is 22.9 Å². The van der Waals surface area contributed by atoms with Gasteiger partial charge in [0, 0.05) is 32.6 Å². The number of fused-ring (bicyclic) bond motifs is 1. The molecule has 2 aliphatic rings. The Hall–Kier alpha value is -2.18. The fourth-order valence-corrected chi connectivity index (χ4v) is 3.61. The second-order valence-corrected chi connectivity index (χ2v) is 7.05. The first kappa shape index (κ1) is 15.4. The molecule has 7 heteroatoms. The van der Waals surface area contributed by atoms with Crippen LogP contribution < -0.4 is 10.2 Å². The maximum Gasteiger partial charge on any atom is 0.220 e. The van der Waals surface area contributed by atoms with Crippen molar-refractivity contribution in [2.75, 3.05) is 18.0 Å². The number of imidazole rings is 1. The summed E-state index contributed by atoms with van der Waals surface area (Å²) in [7, 11) is 1.94. The minimum atomic E-state index is 0.229. The lowest BCUT2D eigenvalue weighted by Gasteiger charge is -2.33. The molecule has 1 aliphatic heterocycles. The molecular weight excluding hydrogens is 304 g/mol. The predicted octanol–water partition coefficient (Wildman–Crippen LogP) is 1.64. The molecule has 0 bridgehead atoms. The van der Waals surface area contributed by atoms with E-state index in [0.717, 1.165) is 55.8 Å². The Morgan fingerprint density at radius 1 is 1.21 bits per heavy atom. The van der Waals surface area contributed by atoms with E-state index >= 15 is 0 Å². The van der Waals surface area contributed by atoms with E-state index in [2.05, 4.69) is 25.2 Å². The fraction of sp³-hybridized carbons (Fsp3) is 0.647. The summed E-state index contributed by atoms with van der Waals surface area (Å²) in [5, 5.41) is 3.15. The zero-order valence-electron chi connectivity index (χ0n) is 14.1. The molecule has 2 fully saturated rings. The van der Waals surface area contributed by atoms with Crippen LogP contribution in [0.5, 0.6) is 0 Å². The van der Waals surface area contributed by atoms with Gasteiger partial charge < -0.3 is 14.8 Å². The Morgan fingerprint density at radius 3 is 2.71 bits per heavy atom. The SMILES string of the molecule is Cn1cnc2c(N3CCC(CC(=O)NC4CCC4)CC3)ncnc21. The molecule has 3 heterocycles. The van der Waals surface area contributed by atoms with Gasteiger partial charge >= 0.3 is 0 Å². The van der Waals surface area contributed by atoms with Crippen molar-refractivity contribution in [2.45, 2.75) is 44.6 Å². The lowest BCUT2D eigenvalue weighted by molar-refractivity contribution is -0.123. The third-order valence-electron chi connectivity index (χ3n) is 5.34. The standard InChI is InChI=1S/C17H24N6O/c1-22-11-20-15-16(22)18-10-19-17(15)23-7-5-12(6-8-23)9-14(24)21-13-3-2-4-13/h10-13H,2-9H2,1H3,(H,21,24). The first-order valence-corrected chi connectivity index (χ1v) is 8.87. The van der Waals surface area contributed by atoms with Crippen molar-refractivity contribution in [3.8, 4) is 0 Å². The van der Waals surface area contributed by atoms with Gasteiger partial charge in [-0.2, -0.15) is 0 Å². The van der Waals surface area contributed by atoms with Crippen molar-refractivity contribution in [3.05, 3.63) is 12.7 Å². The lowest BCUT2D eigenvalue weighted by atomic mass is 9.90. The number of amides is 1. The molecule has 1 N–H and O–H groups in total. The number of hydrogen-bond acceptors (Lipinski definition) is 5. The van der Waals surface area contributed by atoms with Crippen LogP contribution in [-0.2, 0) is 11.8 Å². The number of nitrogens with zero attached hydrogens (tertiary/aromatic N) is 5. The molecule has 0 unspecified atom stereocenters. The number of nitrogens with one attached hydrogen (secondary N) is 1. The van der Waals surface area contributed by atoms with Crippen LogP contribution in [0.15, 0.2) is 12.7 Å². The van der Waals surface area contributed by atoms with Crippen molar-refractivity contribution in [3.63, 3.8) is 0 Å². The summed E-state index contributed by atoms with van der Waals surface area (Å²) < 4.78 is 1.91. The van der Waals surface area contributed by atoms with Gasteiger partial charge in [-0.15, -0.1) is 0 Å². The van der Waals surface area contributed by atoms with Crippen molar-refractivity contribution in [1.29, 1.82) is 0 Å². The molecule has 0 spiro atoms. The molecule has 0 aromatic carbocycles. The average molecular weight is 328 g/mol. The first-order valence-electron chi connectivity index (χ1n) is 8.87. The van der Waals surface area contributed by atoms with Crippen LogP contribution in [0.3, 0.4) is 0 Å². The third kappa shape index (κ3) is 2.95. The van der Waals surface area contributed by atoms with E-state index in [9.17, 15) is 4.79 Å². The van der Waals surface area contributed by atoms with Crippen LogP contribution in [0.1, 0.15) is 38.5 Å². The zero-order chi connectivity index (χ0) is 16.5. The number of piperidine rings is 1. The van der Waals surface area contributed by atoms with Crippen LogP contribution in [0.2, 0.25) is 0 Å². The van der Waals surface area contributed by atoms with E-state index in [1.807, 2.05) is 11.6 Å². The number of carbonyl (C=O) groups excluding carboxylic acids is 1. The van der Waals surface area contributed by atoms with Gasteiger partial charge in [-0.3, -0.25) is 4.79 Å². The Balaban J connectivity index is 1.36. The van der Waals surface area contributed by atoms with E-state index in [1.165, 1.54) is 6.42 Å². The maximum atomic E-state index is 12.1. The maximum absolute atomic E-state index is 12.1. The van der Waals surface area contributed by atoms with Crippen molar-refractivity contribution in [1.82, 2.24) is 24.8 Å². The van der Waals surface area contributed by atoms with Crippen LogP contribution in [0, 0.1) is 5.92 Å². The normalized spacial score (nSPS) is 19.5. The Kier molecular flexibility index (Phi) is 4.08. The number of hydrogen-bond donors (Lipinski definition) is 1. The van der Waals surface area contributed by atoms with Gasteiger partial charge in [0.15, 0.2) is 17.0 Å². The number of carbonyl (C=O) groups is 1. The molecule has 0 atom stereocenters. The summed E-state index contributed by atoms with van der Waals surface area (Å²) in [6, 6.07) is 0.441. The van der Waals surface area contributed by atoms with Crippen LogP contribution >= 0.6 is 0 Å². The van der Waals surface area contributed by atoms with Gasteiger partial charge in [-0.1, -0.05) is 0 Å². The van der Waals surface area contributed by atoms with Crippen LogP contribution in [0.25, 0.3) is 11.2 Å². The number of rotatable bonds is 4.